The Labute approximate surface area is 121 Å². The Bertz CT molecular complexity index is 526. The zero-order valence-electron chi connectivity index (χ0n) is 11.5. The van der Waals surface area contributed by atoms with Crippen molar-refractivity contribution in [1.82, 2.24) is 5.32 Å². The second-order valence-electron chi connectivity index (χ2n) is 5.51. The van der Waals surface area contributed by atoms with Crippen molar-refractivity contribution in [2.24, 2.45) is 5.41 Å². The van der Waals surface area contributed by atoms with Gasteiger partial charge in [0.15, 0.2) is 0 Å². The number of benzene rings is 1. The Kier molecular flexibility index (Phi) is 5.08. The van der Waals surface area contributed by atoms with E-state index < -0.39 is 16.9 Å². The van der Waals surface area contributed by atoms with Crippen LogP contribution in [0.15, 0.2) is 18.2 Å². The van der Waals surface area contributed by atoms with Gasteiger partial charge in [0.05, 0.1) is 21.6 Å². The van der Waals surface area contributed by atoms with E-state index in [1.165, 1.54) is 12.1 Å². The van der Waals surface area contributed by atoms with Crippen molar-refractivity contribution in [3.8, 4) is 0 Å². The number of rotatable bonds is 4. The maximum Gasteiger partial charge on any atom is 0.270 e. The Morgan fingerprint density at radius 3 is 2.55 bits per heavy atom. The van der Waals surface area contributed by atoms with E-state index in [-0.39, 0.29) is 28.2 Å². The number of aliphatic hydroxyl groups is 1. The molecule has 20 heavy (non-hydrogen) atoms. The summed E-state index contributed by atoms with van der Waals surface area (Å²) in [7, 11) is 0. The van der Waals surface area contributed by atoms with Crippen molar-refractivity contribution in [2.75, 3.05) is 6.54 Å². The van der Waals surface area contributed by atoms with E-state index in [9.17, 15) is 20.0 Å². The molecule has 0 heterocycles. The van der Waals surface area contributed by atoms with Crippen LogP contribution >= 0.6 is 11.6 Å². The maximum absolute atomic E-state index is 11.9. The molecule has 0 aromatic heterocycles. The summed E-state index contributed by atoms with van der Waals surface area (Å²) in [6.07, 6.45) is -0.705. The average molecular weight is 301 g/mol. The SMILES string of the molecule is CC(C)(C)C(O)CNC(=O)c1ccc([N+](=O)[O-])cc1Cl. The quantitative estimate of drug-likeness (QED) is 0.659. The third-order valence-corrected chi connectivity index (χ3v) is 3.18. The highest BCUT2D eigenvalue weighted by Crippen LogP contribution is 2.23. The monoisotopic (exact) mass is 300 g/mol. The molecule has 1 aromatic rings. The number of nitrogens with one attached hydrogen (secondary N) is 1. The van der Waals surface area contributed by atoms with Gasteiger partial charge in [-0.15, -0.1) is 0 Å². The summed E-state index contributed by atoms with van der Waals surface area (Å²) >= 11 is 5.85. The fraction of sp³-hybridized carbons (Fsp3) is 0.462. The van der Waals surface area contributed by atoms with Crippen LogP contribution in [-0.2, 0) is 0 Å². The van der Waals surface area contributed by atoms with E-state index in [1.54, 1.807) is 0 Å². The minimum atomic E-state index is -0.705. The minimum absolute atomic E-state index is 0.00180. The highest BCUT2D eigenvalue weighted by atomic mass is 35.5. The number of halogens is 1. The summed E-state index contributed by atoms with van der Waals surface area (Å²) in [5, 5.41) is 23.0. The van der Waals surface area contributed by atoms with Gasteiger partial charge in [-0.1, -0.05) is 32.4 Å². The summed E-state index contributed by atoms with van der Waals surface area (Å²) in [5.74, 6) is -0.479. The number of aliphatic hydroxyl groups excluding tert-OH is 1. The van der Waals surface area contributed by atoms with Gasteiger partial charge in [-0.05, 0) is 11.5 Å². The van der Waals surface area contributed by atoms with Crippen molar-refractivity contribution >= 4 is 23.2 Å². The summed E-state index contributed by atoms with van der Waals surface area (Å²) in [4.78, 5) is 21.9. The van der Waals surface area contributed by atoms with Crippen molar-refractivity contribution in [1.29, 1.82) is 0 Å². The lowest BCUT2D eigenvalue weighted by atomic mass is 9.89. The van der Waals surface area contributed by atoms with Gasteiger partial charge in [0.25, 0.3) is 11.6 Å². The molecule has 0 saturated carbocycles. The van der Waals surface area contributed by atoms with E-state index in [1.807, 2.05) is 20.8 Å². The fourth-order valence-electron chi connectivity index (χ4n) is 1.39. The van der Waals surface area contributed by atoms with Crippen LogP contribution in [-0.4, -0.2) is 28.6 Å². The Morgan fingerprint density at radius 2 is 2.10 bits per heavy atom. The topological polar surface area (TPSA) is 92.5 Å². The third-order valence-electron chi connectivity index (χ3n) is 2.86. The summed E-state index contributed by atoms with van der Waals surface area (Å²) in [5.41, 5.74) is -0.397. The number of carbonyl (C=O) groups is 1. The van der Waals surface area contributed by atoms with Gasteiger partial charge in [-0.2, -0.15) is 0 Å². The molecule has 2 N–H and O–H groups in total. The molecule has 0 aliphatic carbocycles. The highest BCUT2D eigenvalue weighted by molar-refractivity contribution is 6.34. The molecule has 0 radical (unpaired) electrons. The number of amides is 1. The van der Waals surface area contributed by atoms with Crippen molar-refractivity contribution < 1.29 is 14.8 Å². The molecule has 1 aromatic carbocycles. The lowest BCUT2D eigenvalue weighted by Gasteiger charge is -2.25. The zero-order valence-corrected chi connectivity index (χ0v) is 12.3. The van der Waals surface area contributed by atoms with Gasteiger partial charge < -0.3 is 10.4 Å². The molecular weight excluding hydrogens is 284 g/mol. The van der Waals surface area contributed by atoms with E-state index >= 15 is 0 Å². The number of hydrogen-bond donors (Lipinski definition) is 2. The molecule has 1 atom stereocenters. The predicted molar refractivity (Wildman–Crippen MR) is 75.9 cm³/mol. The lowest BCUT2D eigenvalue weighted by molar-refractivity contribution is -0.384. The Hall–Kier alpha value is -1.66. The van der Waals surface area contributed by atoms with Crippen LogP contribution in [0.1, 0.15) is 31.1 Å². The van der Waals surface area contributed by atoms with E-state index in [0.29, 0.717) is 0 Å². The van der Waals surface area contributed by atoms with E-state index in [4.69, 9.17) is 11.6 Å². The molecule has 0 aliphatic heterocycles. The van der Waals surface area contributed by atoms with Gasteiger partial charge in [-0.25, -0.2) is 0 Å². The zero-order chi connectivity index (χ0) is 15.5. The smallest absolute Gasteiger partial charge is 0.270 e. The lowest BCUT2D eigenvalue weighted by Crippen LogP contribution is -2.39. The molecule has 7 heteroatoms. The molecule has 1 amide bonds. The Morgan fingerprint density at radius 1 is 1.50 bits per heavy atom. The molecule has 0 saturated heterocycles. The van der Waals surface area contributed by atoms with Crippen LogP contribution in [0, 0.1) is 15.5 Å². The first-order valence-electron chi connectivity index (χ1n) is 6.03. The standard InChI is InChI=1S/C13H17ClN2O4/c1-13(2,3)11(17)7-15-12(18)9-5-4-8(16(19)20)6-10(9)14/h4-6,11,17H,7H2,1-3H3,(H,15,18). The molecule has 0 fully saturated rings. The molecule has 110 valence electrons. The van der Waals surface area contributed by atoms with Crippen molar-refractivity contribution in [3.63, 3.8) is 0 Å². The van der Waals surface area contributed by atoms with E-state index in [0.717, 1.165) is 6.07 Å². The summed E-state index contributed by atoms with van der Waals surface area (Å²) in [6.45, 7) is 5.63. The number of nitro benzene ring substituents is 1. The van der Waals surface area contributed by atoms with Gasteiger partial charge >= 0.3 is 0 Å². The van der Waals surface area contributed by atoms with Crippen LogP contribution in [0.25, 0.3) is 0 Å². The summed E-state index contributed by atoms with van der Waals surface area (Å²) < 4.78 is 0. The van der Waals surface area contributed by atoms with Crippen LogP contribution in [0.4, 0.5) is 5.69 Å². The van der Waals surface area contributed by atoms with Crippen LogP contribution in [0.3, 0.4) is 0 Å². The summed E-state index contributed by atoms with van der Waals surface area (Å²) in [6, 6.07) is 3.62. The maximum atomic E-state index is 11.9. The van der Waals surface area contributed by atoms with Crippen LogP contribution in [0.5, 0.6) is 0 Å². The van der Waals surface area contributed by atoms with E-state index in [2.05, 4.69) is 5.32 Å². The van der Waals surface area contributed by atoms with Gasteiger partial charge in [0.1, 0.15) is 0 Å². The second kappa shape index (κ2) is 6.19. The largest absolute Gasteiger partial charge is 0.391 e. The number of carbonyl (C=O) groups excluding carboxylic acids is 1. The first kappa shape index (κ1) is 16.4. The molecular formula is C13H17ClN2O4. The van der Waals surface area contributed by atoms with Gasteiger partial charge in [0.2, 0.25) is 0 Å². The molecule has 1 unspecified atom stereocenters. The number of non-ortho nitro benzene ring substituents is 1. The third kappa shape index (κ3) is 4.18. The number of nitrogens with zero attached hydrogens (tertiary/aromatic N) is 1. The average Bonchev–Trinajstić information content (AvgIpc) is 2.33. The molecule has 0 bridgehead atoms. The second-order valence-corrected chi connectivity index (χ2v) is 5.92. The predicted octanol–water partition coefficient (Wildman–Crippen LogP) is 2.39. The van der Waals surface area contributed by atoms with Crippen LogP contribution in [0.2, 0.25) is 5.02 Å². The molecule has 0 spiro atoms. The van der Waals surface area contributed by atoms with Gasteiger partial charge in [-0.3, -0.25) is 14.9 Å². The first-order chi connectivity index (χ1) is 9.12. The number of nitro groups is 1. The van der Waals surface area contributed by atoms with Crippen molar-refractivity contribution in [2.45, 2.75) is 26.9 Å². The Balaban J connectivity index is 2.76. The van der Waals surface area contributed by atoms with Crippen molar-refractivity contribution in [3.05, 3.63) is 38.9 Å². The molecule has 1 rings (SSSR count). The van der Waals surface area contributed by atoms with Crippen LogP contribution < -0.4 is 5.32 Å². The molecule has 6 nitrogen and oxygen atoms in total. The fourth-order valence-corrected chi connectivity index (χ4v) is 1.65. The van der Waals surface area contributed by atoms with Gasteiger partial charge in [0, 0.05) is 18.7 Å². The normalized spacial score (nSPS) is 12.8. The first-order valence-corrected chi connectivity index (χ1v) is 6.41. The minimum Gasteiger partial charge on any atom is -0.391 e. The number of hydrogen-bond acceptors (Lipinski definition) is 4. The molecule has 0 aliphatic rings. The highest BCUT2D eigenvalue weighted by Gasteiger charge is 2.23.